The van der Waals surface area contributed by atoms with Crippen molar-refractivity contribution in [2.75, 3.05) is 31.7 Å². The number of nitrogens with one attached hydrogen (secondary N) is 1. The highest BCUT2D eigenvalue weighted by atomic mass is 19.4. The van der Waals surface area contributed by atoms with Crippen molar-refractivity contribution < 1.29 is 37.0 Å². The Morgan fingerprint density at radius 1 is 0.882 bits per heavy atom. The SMILES string of the molecule is O=Cc1ccc(OCCOCCOC(=O)c2ccccc2Nc2cccc(C(F)(F)F)c2)cc1. The quantitative estimate of drug-likeness (QED) is 0.225. The van der Waals surface area contributed by atoms with Crippen molar-refractivity contribution in [3.8, 4) is 5.75 Å². The summed E-state index contributed by atoms with van der Waals surface area (Å²) in [7, 11) is 0. The average Bonchev–Trinajstić information content (AvgIpc) is 2.83. The molecule has 3 aromatic carbocycles. The fourth-order valence-corrected chi connectivity index (χ4v) is 2.93. The highest BCUT2D eigenvalue weighted by Gasteiger charge is 2.30. The normalized spacial score (nSPS) is 11.0. The van der Waals surface area contributed by atoms with Gasteiger partial charge in [0.25, 0.3) is 0 Å². The first-order valence-corrected chi connectivity index (χ1v) is 10.3. The third kappa shape index (κ3) is 7.35. The number of anilines is 2. The Hall–Kier alpha value is -3.85. The van der Waals surface area contributed by atoms with Crippen LogP contribution in [0.25, 0.3) is 0 Å². The topological polar surface area (TPSA) is 73.9 Å². The first kappa shape index (κ1) is 24.8. The fourth-order valence-electron chi connectivity index (χ4n) is 2.93. The number of rotatable bonds is 11. The molecule has 0 amide bonds. The molecule has 0 bridgehead atoms. The summed E-state index contributed by atoms with van der Waals surface area (Å²) in [6.45, 7) is 0.673. The van der Waals surface area contributed by atoms with Crippen LogP contribution in [0, 0.1) is 0 Å². The molecule has 0 aliphatic carbocycles. The third-order valence-corrected chi connectivity index (χ3v) is 4.59. The van der Waals surface area contributed by atoms with Crippen LogP contribution in [0.4, 0.5) is 24.5 Å². The lowest BCUT2D eigenvalue weighted by Gasteiger charge is -2.13. The van der Waals surface area contributed by atoms with Crippen LogP contribution in [0.2, 0.25) is 0 Å². The van der Waals surface area contributed by atoms with Gasteiger partial charge in [0.1, 0.15) is 25.2 Å². The first-order chi connectivity index (χ1) is 16.4. The van der Waals surface area contributed by atoms with Gasteiger partial charge in [-0.05, 0) is 54.6 Å². The smallest absolute Gasteiger partial charge is 0.416 e. The van der Waals surface area contributed by atoms with Crippen molar-refractivity contribution in [1.29, 1.82) is 0 Å². The van der Waals surface area contributed by atoms with E-state index in [1.807, 2.05) is 0 Å². The van der Waals surface area contributed by atoms with Crippen LogP contribution in [0.5, 0.6) is 5.75 Å². The molecule has 0 fully saturated rings. The summed E-state index contributed by atoms with van der Waals surface area (Å²) in [5, 5.41) is 2.84. The molecule has 0 radical (unpaired) electrons. The van der Waals surface area contributed by atoms with Gasteiger partial charge in [-0.25, -0.2) is 4.79 Å². The van der Waals surface area contributed by atoms with Gasteiger partial charge in [0, 0.05) is 11.3 Å². The molecule has 1 N–H and O–H groups in total. The first-order valence-electron chi connectivity index (χ1n) is 10.3. The predicted molar refractivity (Wildman–Crippen MR) is 120 cm³/mol. The molecule has 0 saturated heterocycles. The van der Waals surface area contributed by atoms with Crippen molar-refractivity contribution in [3.05, 3.63) is 89.5 Å². The minimum absolute atomic E-state index is 0.00917. The molecule has 0 spiro atoms. The molecule has 178 valence electrons. The highest BCUT2D eigenvalue weighted by molar-refractivity contribution is 5.96. The van der Waals surface area contributed by atoms with Crippen LogP contribution < -0.4 is 10.1 Å². The van der Waals surface area contributed by atoms with Crippen LogP contribution in [0.15, 0.2) is 72.8 Å². The summed E-state index contributed by atoms with van der Waals surface area (Å²) in [5.74, 6) is -0.0318. The summed E-state index contributed by atoms with van der Waals surface area (Å²) in [6, 6.07) is 17.7. The van der Waals surface area contributed by atoms with Gasteiger partial charge >= 0.3 is 12.1 Å². The number of halogens is 3. The van der Waals surface area contributed by atoms with Crippen molar-refractivity contribution in [2.45, 2.75) is 6.18 Å². The van der Waals surface area contributed by atoms with Gasteiger partial charge in [-0.1, -0.05) is 18.2 Å². The van der Waals surface area contributed by atoms with E-state index in [1.165, 1.54) is 18.2 Å². The molecule has 3 rings (SSSR count). The van der Waals surface area contributed by atoms with Crippen molar-refractivity contribution in [3.63, 3.8) is 0 Å². The Morgan fingerprint density at radius 3 is 2.35 bits per heavy atom. The van der Waals surface area contributed by atoms with Gasteiger partial charge in [0.15, 0.2) is 0 Å². The number of para-hydroxylation sites is 1. The number of aldehydes is 1. The van der Waals surface area contributed by atoms with E-state index in [4.69, 9.17) is 14.2 Å². The second-order valence-electron chi connectivity index (χ2n) is 7.03. The molecule has 9 heteroatoms. The van der Waals surface area contributed by atoms with E-state index in [2.05, 4.69) is 5.32 Å². The molecule has 0 aliphatic heterocycles. The molecular weight excluding hydrogens is 451 g/mol. The minimum Gasteiger partial charge on any atom is -0.491 e. The lowest BCUT2D eigenvalue weighted by atomic mass is 10.1. The van der Waals surface area contributed by atoms with E-state index in [0.29, 0.717) is 17.0 Å². The van der Waals surface area contributed by atoms with Crippen LogP contribution in [0.3, 0.4) is 0 Å². The molecular formula is C25H22F3NO5. The Kier molecular flexibility index (Phi) is 8.64. The monoisotopic (exact) mass is 473 g/mol. The lowest BCUT2D eigenvalue weighted by molar-refractivity contribution is -0.137. The molecule has 0 unspecified atom stereocenters. The van der Waals surface area contributed by atoms with E-state index < -0.39 is 17.7 Å². The van der Waals surface area contributed by atoms with Crippen LogP contribution >= 0.6 is 0 Å². The number of hydrogen-bond donors (Lipinski definition) is 1. The molecule has 34 heavy (non-hydrogen) atoms. The fraction of sp³-hybridized carbons (Fsp3) is 0.200. The zero-order chi connectivity index (χ0) is 24.4. The maximum atomic E-state index is 12.9. The number of carbonyl (C=O) groups excluding carboxylic acids is 2. The summed E-state index contributed by atoms with van der Waals surface area (Å²) in [5.41, 5.74) is 0.455. The van der Waals surface area contributed by atoms with E-state index >= 15 is 0 Å². The zero-order valence-electron chi connectivity index (χ0n) is 18.0. The second kappa shape index (κ2) is 11.9. The summed E-state index contributed by atoms with van der Waals surface area (Å²) in [6.07, 6.45) is -3.73. The van der Waals surface area contributed by atoms with Crippen molar-refractivity contribution >= 4 is 23.6 Å². The molecule has 0 aromatic heterocycles. The molecule has 0 aliphatic rings. The zero-order valence-corrected chi connectivity index (χ0v) is 18.0. The van der Waals surface area contributed by atoms with Gasteiger partial charge < -0.3 is 19.5 Å². The summed E-state index contributed by atoms with van der Waals surface area (Å²) < 4.78 is 54.9. The largest absolute Gasteiger partial charge is 0.491 e. The van der Waals surface area contributed by atoms with E-state index in [9.17, 15) is 22.8 Å². The van der Waals surface area contributed by atoms with Crippen LogP contribution in [0.1, 0.15) is 26.3 Å². The van der Waals surface area contributed by atoms with E-state index in [1.54, 1.807) is 42.5 Å². The van der Waals surface area contributed by atoms with Crippen LogP contribution in [-0.2, 0) is 15.7 Å². The Morgan fingerprint density at radius 2 is 1.62 bits per heavy atom. The molecule has 0 saturated carbocycles. The average molecular weight is 473 g/mol. The van der Waals surface area contributed by atoms with E-state index in [0.717, 1.165) is 18.4 Å². The minimum atomic E-state index is -4.47. The van der Waals surface area contributed by atoms with Crippen LogP contribution in [-0.4, -0.2) is 38.7 Å². The Balaban J connectivity index is 1.44. The number of carbonyl (C=O) groups is 2. The molecule has 0 heterocycles. The number of alkyl halides is 3. The third-order valence-electron chi connectivity index (χ3n) is 4.59. The molecule has 6 nitrogen and oxygen atoms in total. The maximum absolute atomic E-state index is 12.9. The van der Waals surface area contributed by atoms with Gasteiger partial charge in [-0.3, -0.25) is 4.79 Å². The summed E-state index contributed by atoms with van der Waals surface area (Å²) in [4.78, 5) is 23.1. The number of hydrogen-bond acceptors (Lipinski definition) is 6. The van der Waals surface area contributed by atoms with Gasteiger partial charge in [0.2, 0.25) is 0 Å². The van der Waals surface area contributed by atoms with Gasteiger partial charge in [-0.15, -0.1) is 0 Å². The second-order valence-corrected chi connectivity index (χ2v) is 7.03. The van der Waals surface area contributed by atoms with Gasteiger partial charge in [-0.2, -0.15) is 13.2 Å². The number of ether oxygens (including phenoxy) is 3. The van der Waals surface area contributed by atoms with Crippen molar-refractivity contribution in [1.82, 2.24) is 0 Å². The highest BCUT2D eigenvalue weighted by Crippen LogP contribution is 2.32. The predicted octanol–water partition coefficient (Wildman–Crippen LogP) is 5.51. The summed E-state index contributed by atoms with van der Waals surface area (Å²) >= 11 is 0. The van der Waals surface area contributed by atoms with Gasteiger partial charge in [0.05, 0.1) is 30.0 Å². The maximum Gasteiger partial charge on any atom is 0.416 e. The Bertz CT molecular complexity index is 1100. The molecule has 0 atom stereocenters. The Labute approximate surface area is 194 Å². The van der Waals surface area contributed by atoms with E-state index in [-0.39, 0.29) is 37.7 Å². The number of esters is 1. The number of benzene rings is 3. The standard InChI is InChI=1S/C25H22F3NO5/c26-25(27,28)19-4-3-5-20(16-19)29-23-7-2-1-6-22(23)24(31)34-15-13-32-12-14-33-21-10-8-18(17-30)9-11-21/h1-11,16-17,29H,12-15H2. The lowest BCUT2D eigenvalue weighted by Crippen LogP contribution is -2.14. The molecule has 3 aromatic rings. The van der Waals surface area contributed by atoms with Crippen molar-refractivity contribution in [2.24, 2.45) is 0 Å².